The van der Waals surface area contributed by atoms with Crippen LogP contribution in [0, 0.1) is 5.92 Å². The van der Waals surface area contributed by atoms with Crippen molar-refractivity contribution in [3.63, 3.8) is 0 Å². The summed E-state index contributed by atoms with van der Waals surface area (Å²) >= 11 is 1.80. The van der Waals surface area contributed by atoms with Gasteiger partial charge in [-0.1, -0.05) is 81.5 Å². The van der Waals surface area contributed by atoms with Crippen molar-refractivity contribution in [1.82, 2.24) is 0 Å². The predicted molar refractivity (Wildman–Crippen MR) is 138 cm³/mol. The van der Waals surface area contributed by atoms with Crippen molar-refractivity contribution in [1.29, 1.82) is 0 Å². The number of para-hydroxylation sites is 2. The van der Waals surface area contributed by atoms with Gasteiger partial charge in [0.2, 0.25) is 0 Å². The number of hydrogen-bond donors (Lipinski definition) is 1. The second-order valence-electron chi connectivity index (χ2n) is 9.54. The lowest BCUT2D eigenvalue weighted by atomic mass is 9.85. The smallest absolute Gasteiger partial charge is 0.268 e. The molecule has 1 aliphatic heterocycles. The van der Waals surface area contributed by atoms with Crippen LogP contribution in [0.1, 0.15) is 76.7 Å². The van der Waals surface area contributed by atoms with E-state index in [0.717, 1.165) is 37.8 Å². The van der Waals surface area contributed by atoms with E-state index in [1.165, 1.54) is 53.1 Å². The summed E-state index contributed by atoms with van der Waals surface area (Å²) in [5.41, 5.74) is 3.72. The van der Waals surface area contributed by atoms with Gasteiger partial charge in [-0.05, 0) is 61.8 Å². The highest BCUT2D eigenvalue weighted by molar-refractivity contribution is 7.99. The van der Waals surface area contributed by atoms with Crippen molar-refractivity contribution in [2.24, 2.45) is 5.92 Å². The third-order valence-corrected chi connectivity index (χ3v) is 9.72. The van der Waals surface area contributed by atoms with Gasteiger partial charge in [-0.15, -0.1) is 0 Å². The van der Waals surface area contributed by atoms with E-state index >= 15 is 0 Å². The van der Waals surface area contributed by atoms with Gasteiger partial charge in [0.25, 0.3) is 10.1 Å². The third-order valence-electron chi connectivity index (χ3n) is 7.22. The lowest BCUT2D eigenvalue weighted by Gasteiger charge is -2.36. The zero-order valence-electron chi connectivity index (χ0n) is 19.7. The number of anilines is 2. The Hall–Kier alpha value is -1.50. The van der Waals surface area contributed by atoms with E-state index < -0.39 is 15.4 Å². The van der Waals surface area contributed by atoms with Crippen molar-refractivity contribution in [3.8, 4) is 0 Å². The van der Waals surface area contributed by atoms with Crippen LogP contribution in [0.3, 0.4) is 0 Å². The van der Waals surface area contributed by atoms with Crippen molar-refractivity contribution in [2.75, 3.05) is 11.4 Å². The number of benzene rings is 2. The van der Waals surface area contributed by atoms with Crippen LogP contribution >= 0.6 is 11.8 Å². The maximum Gasteiger partial charge on any atom is 0.268 e. The molecule has 0 radical (unpaired) electrons. The van der Waals surface area contributed by atoms with Crippen LogP contribution in [-0.2, 0) is 16.5 Å². The quantitative estimate of drug-likeness (QED) is 0.276. The van der Waals surface area contributed by atoms with Gasteiger partial charge >= 0.3 is 0 Å². The molecule has 1 aliphatic carbocycles. The molecule has 1 N–H and O–H groups in total. The highest BCUT2D eigenvalue weighted by Crippen LogP contribution is 2.50. The number of hydrogen-bond acceptors (Lipinski definition) is 4. The SMILES string of the molecule is CCCCCCc1cccc2c1N(CCC(C1CCCCC1)S(=O)(=O)O)c1ccccc1S2. The fourth-order valence-corrected chi connectivity index (χ4v) is 7.84. The van der Waals surface area contributed by atoms with Crippen molar-refractivity contribution in [3.05, 3.63) is 48.0 Å². The van der Waals surface area contributed by atoms with Crippen LogP contribution in [-0.4, -0.2) is 24.8 Å². The van der Waals surface area contributed by atoms with Crippen LogP contribution in [0.4, 0.5) is 11.4 Å². The first kappa shape index (κ1) is 24.6. The van der Waals surface area contributed by atoms with Crippen LogP contribution in [0.15, 0.2) is 52.3 Å². The molecule has 4 nitrogen and oxygen atoms in total. The van der Waals surface area contributed by atoms with E-state index in [1.807, 2.05) is 0 Å². The molecule has 1 fully saturated rings. The second kappa shape index (κ2) is 11.3. The average molecular weight is 488 g/mol. The Bertz CT molecular complexity index is 1030. The van der Waals surface area contributed by atoms with E-state index in [2.05, 4.69) is 54.3 Å². The number of aryl methyl sites for hydroxylation is 1. The molecule has 4 rings (SSSR count). The Morgan fingerprint density at radius 2 is 1.76 bits per heavy atom. The molecule has 1 heterocycles. The van der Waals surface area contributed by atoms with Gasteiger partial charge in [0.05, 0.1) is 16.6 Å². The molecule has 0 bridgehead atoms. The number of nitrogens with zero attached hydrogens (tertiary/aromatic N) is 1. The van der Waals surface area contributed by atoms with E-state index in [0.29, 0.717) is 13.0 Å². The van der Waals surface area contributed by atoms with E-state index in [-0.39, 0.29) is 5.92 Å². The highest BCUT2D eigenvalue weighted by Gasteiger charge is 2.34. The van der Waals surface area contributed by atoms with Crippen LogP contribution in [0.25, 0.3) is 0 Å². The number of unbranched alkanes of at least 4 members (excludes halogenated alkanes) is 3. The van der Waals surface area contributed by atoms with Crippen LogP contribution in [0.5, 0.6) is 0 Å². The second-order valence-corrected chi connectivity index (χ2v) is 12.3. The minimum Gasteiger partial charge on any atom is -0.339 e. The first-order chi connectivity index (χ1) is 16.0. The Balaban J connectivity index is 1.63. The Labute approximate surface area is 203 Å². The molecule has 6 heteroatoms. The number of rotatable bonds is 10. The van der Waals surface area contributed by atoms with Crippen molar-refractivity contribution in [2.45, 2.75) is 92.6 Å². The summed E-state index contributed by atoms with van der Waals surface area (Å²) in [5.74, 6) is 0.0620. The van der Waals surface area contributed by atoms with Crippen molar-refractivity contribution < 1.29 is 13.0 Å². The molecule has 1 atom stereocenters. The first-order valence-electron chi connectivity index (χ1n) is 12.6. The van der Waals surface area contributed by atoms with Gasteiger partial charge in [0, 0.05) is 16.3 Å². The third kappa shape index (κ3) is 5.95. The molecule has 33 heavy (non-hydrogen) atoms. The fraction of sp³-hybridized carbons (Fsp3) is 0.556. The lowest BCUT2D eigenvalue weighted by molar-refractivity contribution is 0.320. The molecule has 2 aromatic carbocycles. The molecular weight excluding hydrogens is 450 g/mol. The van der Waals surface area contributed by atoms with Gasteiger partial charge in [-0.25, -0.2) is 0 Å². The van der Waals surface area contributed by atoms with Gasteiger partial charge in [0.15, 0.2) is 0 Å². The largest absolute Gasteiger partial charge is 0.339 e. The summed E-state index contributed by atoms with van der Waals surface area (Å²) in [6.45, 7) is 2.83. The monoisotopic (exact) mass is 487 g/mol. The van der Waals surface area contributed by atoms with E-state index in [1.54, 1.807) is 11.8 Å². The van der Waals surface area contributed by atoms with Gasteiger partial charge in [-0.3, -0.25) is 4.55 Å². The highest BCUT2D eigenvalue weighted by atomic mass is 32.2. The molecule has 0 amide bonds. The zero-order chi connectivity index (χ0) is 23.3. The standard InChI is InChI=1S/C27H37NO3S2/c1-2-3-4-6-14-22-15-11-18-25-27(22)28(23-16-9-10-17-24(23)32-25)20-19-26(33(29,30)31)21-12-7-5-8-13-21/h9-11,15-18,21,26H,2-8,12-14,19-20H2,1H3,(H,29,30,31). The van der Waals surface area contributed by atoms with Crippen LogP contribution < -0.4 is 4.90 Å². The molecule has 180 valence electrons. The normalized spacial score (nSPS) is 17.5. The maximum absolute atomic E-state index is 12.4. The van der Waals surface area contributed by atoms with Crippen molar-refractivity contribution >= 4 is 33.3 Å². The summed E-state index contributed by atoms with van der Waals surface area (Å²) in [5, 5.41) is -0.681. The molecule has 1 saturated carbocycles. The van der Waals surface area contributed by atoms with Gasteiger partial charge in [-0.2, -0.15) is 8.42 Å². The van der Waals surface area contributed by atoms with Crippen LogP contribution in [0.2, 0.25) is 0 Å². The average Bonchev–Trinajstić information content (AvgIpc) is 2.81. The first-order valence-corrected chi connectivity index (χ1v) is 14.9. The predicted octanol–water partition coefficient (Wildman–Crippen LogP) is 7.64. The lowest BCUT2D eigenvalue weighted by Crippen LogP contribution is -2.35. The summed E-state index contributed by atoms with van der Waals surface area (Å²) in [4.78, 5) is 4.77. The summed E-state index contributed by atoms with van der Waals surface area (Å²) in [6.07, 6.45) is 11.4. The molecular formula is C27H37NO3S2. The van der Waals surface area contributed by atoms with E-state index in [4.69, 9.17) is 0 Å². The topological polar surface area (TPSA) is 57.6 Å². The zero-order valence-corrected chi connectivity index (χ0v) is 21.3. The van der Waals surface area contributed by atoms with E-state index in [9.17, 15) is 13.0 Å². The fourth-order valence-electron chi connectivity index (χ4n) is 5.53. The molecule has 2 aromatic rings. The minimum absolute atomic E-state index is 0.0620. The Kier molecular flexibility index (Phi) is 8.42. The maximum atomic E-state index is 12.4. The molecule has 2 aliphatic rings. The summed E-state index contributed by atoms with van der Waals surface area (Å²) in [6, 6.07) is 15.0. The summed E-state index contributed by atoms with van der Waals surface area (Å²) in [7, 11) is -4.08. The minimum atomic E-state index is -4.08. The molecule has 1 unspecified atom stereocenters. The molecule has 0 saturated heterocycles. The summed E-state index contributed by atoms with van der Waals surface area (Å²) < 4.78 is 34.9. The Morgan fingerprint density at radius 3 is 2.52 bits per heavy atom. The molecule has 0 spiro atoms. The van der Waals surface area contributed by atoms with Gasteiger partial charge in [0.1, 0.15) is 0 Å². The van der Waals surface area contributed by atoms with Gasteiger partial charge < -0.3 is 4.90 Å². The molecule has 0 aromatic heterocycles. The number of fused-ring (bicyclic) bond motifs is 2. The Morgan fingerprint density at radius 1 is 1.00 bits per heavy atom.